The van der Waals surface area contributed by atoms with Gasteiger partial charge in [0.15, 0.2) is 4.77 Å². The number of nitrogens with one attached hydrogen (secondary N) is 1. The molecule has 0 fully saturated rings. The molecule has 1 aromatic heterocycles. The van der Waals surface area contributed by atoms with Crippen LogP contribution in [0.1, 0.15) is 16.8 Å². The number of nitrogens with zero attached hydrogens (tertiary/aromatic N) is 1. The van der Waals surface area contributed by atoms with Gasteiger partial charge < -0.3 is 9.55 Å². The number of aromatic nitrogens is 2. The van der Waals surface area contributed by atoms with Gasteiger partial charge in [-0.15, -0.1) is 0 Å². The Morgan fingerprint density at radius 3 is 2.10 bits per heavy atom. The van der Waals surface area contributed by atoms with Gasteiger partial charge in [0.2, 0.25) is 0 Å². The van der Waals surface area contributed by atoms with Crippen LogP contribution in [0, 0.1) is 4.77 Å². The molecule has 2 aromatic carbocycles. The molecular weight excluding hydrogens is 264 g/mol. The van der Waals surface area contributed by atoms with Crippen molar-refractivity contribution in [3.8, 4) is 0 Å². The lowest BCUT2D eigenvalue weighted by atomic mass is 10.1. The van der Waals surface area contributed by atoms with Crippen molar-refractivity contribution < 1.29 is 0 Å². The molecule has 2 nitrogen and oxygen atoms in total. The molecule has 0 atom stereocenters. The molecule has 100 valence electrons. The van der Waals surface area contributed by atoms with Gasteiger partial charge in [0.1, 0.15) is 0 Å². The Hall–Kier alpha value is -2.13. The Labute approximate surface area is 123 Å². The molecule has 0 saturated heterocycles. The summed E-state index contributed by atoms with van der Waals surface area (Å²) in [4.78, 5) is 3.29. The van der Waals surface area contributed by atoms with Crippen LogP contribution in [0.5, 0.6) is 0 Å². The van der Waals surface area contributed by atoms with Crippen molar-refractivity contribution in [1.82, 2.24) is 9.55 Å². The molecule has 0 spiro atoms. The fourth-order valence-electron chi connectivity index (χ4n) is 2.29. The maximum atomic E-state index is 5.40. The first-order valence-corrected chi connectivity index (χ1v) is 7.08. The molecule has 0 radical (unpaired) electrons. The summed E-state index contributed by atoms with van der Waals surface area (Å²) >= 11 is 5.40. The van der Waals surface area contributed by atoms with Crippen LogP contribution in [0.4, 0.5) is 0 Å². The number of imidazole rings is 1. The minimum atomic E-state index is 0.778. The van der Waals surface area contributed by atoms with Gasteiger partial charge in [-0.05, 0) is 23.3 Å². The van der Waals surface area contributed by atoms with E-state index in [1.54, 1.807) is 0 Å². The lowest BCUT2D eigenvalue weighted by Crippen LogP contribution is -1.97. The van der Waals surface area contributed by atoms with Crippen LogP contribution >= 0.6 is 12.2 Å². The van der Waals surface area contributed by atoms with Gasteiger partial charge in [-0.3, -0.25) is 0 Å². The summed E-state index contributed by atoms with van der Waals surface area (Å²) in [5, 5.41) is 0. The highest BCUT2D eigenvalue weighted by atomic mass is 32.1. The summed E-state index contributed by atoms with van der Waals surface area (Å²) in [5.74, 6) is 0. The van der Waals surface area contributed by atoms with Crippen molar-refractivity contribution in [2.24, 2.45) is 0 Å². The van der Waals surface area contributed by atoms with Crippen molar-refractivity contribution in [3.05, 3.63) is 88.5 Å². The minimum absolute atomic E-state index is 0.778. The second-order valence-corrected chi connectivity index (χ2v) is 5.25. The molecule has 1 N–H and O–H groups in total. The number of aromatic amines is 1. The second-order valence-electron chi connectivity index (χ2n) is 4.86. The van der Waals surface area contributed by atoms with Gasteiger partial charge in [0.05, 0.1) is 0 Å². The Morgan fingerprint density at radius 2 is 1.45 bits per heavy atom. The van der Waals surface area contributed by atoms with E-state index >= 15 is 0 Å². The maximum Gasteiger partial charge on any atom is 0.177 e. The Kier molecular flexibility index (Phi) is 3.79. The highest BCUT2D eigenvalue weighted by molar-refractivity contribution is 7.71. The quantitative estimate of drug-likeness (QED) is 0.711. The highest BCUT2D eigenvalue weighted by Crippen LogP contribution is 2.10. The monoisotopic (exact) mass is 280 g/mol. The average molecular weight is 280 g/mol. The van der Waals surface area contributed by atoms with E-state index in [-0.39, 0.29) is 0 Å². The zero-order valence-electron chi connectivity index (χ0n) is 11.1. The normalized spacial score (nSPS) is 10.6. The molecule has 3 rings (SSSR count). The van der Waals surface area contributed by atoms with Crippen molar-refractivity contribution in [2.75, 3.05) is 0 Å². The molecule has 0 amide bonds. The zero-order valence-corrected chi connectivity index (χ0v) is 11.9. The molecule has 0 saturated carbocycles. The smallest absolute Gasteiger partial charge is 0.177 e. The van der Waals surface area contributed by atoms with Crippen LogP contribution in [0.25, 0.3) is 0 Å². The van der Waals surface area contributed by atoms with Crippen molar-refractivity contribution >= 4 is 12.2 Å². The Morgan fingerprint density at radius 1 is 0.850 bits per heavy atom. The van der Waals surface area contributed by atoms with Gasteiger partial charge in [-0.25, -0.2) is 0 Å². The Balaban J connectivity index is 1.79. The molecule has 0 unspecified atom stereocenters. The Bertz CT molecular complexity index is 726. The van der Waals surface area contributed by atoms with Gasteiger partial charge in [0.25, 0.3) is 0 Å². The van der Waals surface area contributed by atoms with Crippen molar-refractivity contribution in [2.45, 2.75) is 13.0 Å². The predicted octanol–water partition coefficient (Wildman–Crippen LogP) is 4.18. The minimum Gasteiger partial charge on any atom is -0.334 e. The van der Waals surface area contributed by atoms with E-state index in [2.05, 4.69) is 64.3 Å². The maximum absolute atomic E-state index is 5.40. The molecule has 3 heteroatoms. The molecular formula is C17H16N2S. The van der Waals surface area contributed by atoms with Crippen LogP contribution in [-0.2, 0) is 13.0 Å². The third kappa shape index (κ3) is 3.06. The van der Waals surface area contributed by atoms with E-state index in [1.165, 1.54) is 11.1 Å². The fourth-order valence-corrected chi connectivity index (χ4v) is 2.54. The lowest BCUT2D eigenvalue weighted by Gasteiger charge is -2.01. The van der Waals surface area contributed by atoms with Gasteiger partial charge in [-0.2, -0.15) is 0 Å². The molecule has 1 heterocycles. The van der Waals surface area contributed by atoms with E-state index in [0.717, 1.165) is 23.4 Å². The summed E-state index contributed by atoms with van der Waals surface area (Å²) in [6.07, 6.45) is 2.99. The van der Waals surface area contributed by atoms with Crippen LogP contribution in [-0.4, -0.2) is 9.55 Å². The zero-order chi connectivity index (χ0) is 13.8. The van der Waals surface area contributed by atoms with E-state index in [9.17, 15) is 0 Å². The number of rotatable bonds is 4. The van der Waals surface area contributed by atoms with Gasteiger partial charge in [-0.1, -0.05) is 60.7 Å². The molecule has 0 aliphatic carbocycles. The molecule has 20 heavy (non-hydrogen) atoms. The topological polar surface area (TPSA) is 20.7 Å². The van der Waals surface area contributed by atoms with Gasteiger partial charge >= 0.3 is 0 Å². The van der Waals surface area contributed by atoms with Crippen LogP contribution < -0.4 is 0 Å². The summed E-state index contributed by atoms with van der Waals surface area (Å²) in [7, 11) is 0. The van der Waals surface area contributed by atoms with Crippen molar-refractivity contribution in [3.63, 3.8) is 0 Å². The van der Waals surface area contributed by atoms with E-state index < -0.39 is 0 Å². The van der Waals surface area contributed by atoms with Gasteiger partial charge in [0, 0.05) is 24.9 Å². The van der Waals surface area contributed by atoms with E-state index in [4.69, 9.17) is 12.2 Å². The first kappa shape index (κ1) is 12.9. The number of hydrogen-bond acceptors (Lipinski definition) is 1. The number of H-pyrrole nitrogens is 1. The summed E-state index contributed by atoms with van der Waals surface area (Å²) in [5.41, 5.74) is 3.70. The number of hydrogen-bond donors (Lipinski definition) is 1. The van der Waals surface area contributed by atoms with Crippen molar-refractivity contribution in [1.29, 1.82) is 0 Å². The third-order valence-corrected chi connectivity index (χ3v) is 3.61. The molecule has 0 aliphatic rings. The first-order chi connectivity index (χ1) is 9.81. The van der Waals surface area contributed by atoms with E-state index in [0.29, 0.717) is 0 Å². The number of benzene rings is 2. The summed E-state index contributed by atoms with van der Waals surface area (Å²) in [6.45, 7) is 0.810. The SMILES string of the molecule is S=c1[nH]c(Cc2ccccc2)cn1Cc1ccccc1. The van der Waals surface area contributed by atoms with Crippen LogP contribution in [0.15, 0.2) is 66.9 Å². The van der Waals surface area contributed by atoms with Crippen LogP contribution in [0.3, 0.4) is 0 Å². The average Bonchev–Trinajstić information content (AvgIpc) is 2.81. The van der Waals surface area contributed by atoms with Crippen LogP contribution in [0.2, 0.25) is 0 Å². The molecule has 0 bridgehead atoms. The first-order valence-electron chi connectivity index (χ1n) is 6.67. The molecule has 0 aliphatic heterocycles. The largest absolute Gasteiger partial charge is 0.334 e. The lowest BCUT2D eigenvalue weighted by molar-refractivity contribution is 0.783. The fraction of sp³-hybridized carbons (Fsp3) is 0.118. The second kappa shape index (κ2) is 5.88. The standard InChI is InChI=1S/C17H16N2S/c20-17-18-16(11-14-7-3-1-4-8-14)13-19(17)12-15-9-5-2-6-10-15/h1-10,13H,11-12H2,(H,18,20). The van der Waals surface area contributed by atoms with E-state index in [1.807, 2.05) is 12.1 Å². The predicted molar refractivity (Wildman–Crippen MR) is 84.4 cm³/mol. The summed E-state index contributed by atoms with van der Waals surface area (Å²) in [6, 6.07) is 20.8. The summed E-state index contributed by atoms with van der Waals surface area (Å²) < 4.78 is 2.86. The third-order valence-electron chi connectivity index (χ3n) is 3.27. The highest BCUT2D eigenvalue weighted by Gasteiger charge is 2.02. The molecule has 3 aromatic rings.